The van der Waals surface area contributed by atoms with Gasteiger partial charge in [0.25, 0.3) is 5.91 Å². The molecule has 2 aliphatic heterocycles. The number of nitrogens with zero attached hydrogens (tertiary/aromatic N) is 1. The molecule has 3 rings (SSSR count). The third kappa shape index (κ3) is 3.23. The molecule has 1 amide bonds. The van der Waals surface area contributed by atoms with Gasteiger partial charge in [-0.05, 0) is 61.9 Å². The molecular formula is C17H25ClN2O2. The first-order valence-electron chi connectivity index (χ1n) is 7.78. The van der Waals surface area contributed by atoms with E-state index in [9.17, 15) is 4.79 Å². The largest absolute Gasteiger partial charge is 0.497 e. The van der Waals surface area contributed by atoms with E-state index in [2.05, 4.69) is 5.32 Å². The van der Waals surface area contributed by atoms with Crippen LogP contribution >= 0.6 is 12.4 Å². The Labute approximate surface area is 138 Å². The van der Waals surface area contributed by atoms with Gasteiger partial charge in [0.15, 0.2) is 0 Å². The summed E-state index contributed by atoms with van der Waals surface area (Å²) in [7, 11) is 1.65. The quantitative estimate of drug-likeness (QED) is 0.909. The number of piperidine rings is 1. The van der Waals surface area contributed by atoms with Crippen LogP contribution in [0, 0.1) is 12.3 Å². The Balaban J connectivity index is 0.00000176. The van der Waals surface area contributed by atoms with E-state index in [-0.39, 0.29) is 18.3 Å². The smallest absolute Gasteiger partial charge is 0.254 e. The first kappa shape index (κ1) is 17.1. The monoisotopic (exact) mass is 324 g/mol. The Bertz CT molecular complexity index is 531. The number of benzene rings is 1. The maximum absolute atomic E-state index is 12.7. The summed E-state index contributed by atoms with van der Waals surface area (Å²) in [5.41, 5.74) is 2.24. The van der Waals surface area contributed by atoms with E-state index in [0.717, 1.165) is 55.9 Å². The zero-order chi connectivity index (χ0) is 14.9. The third-order valence-corrected chi connectivity index (χ3v) is 5.11. The van der Waals surface area contributed by atoms with Crippen LogP contribution in [0.15, 0.2) is 18.2 Å². The van der Waals surface area contributed by atoms with Gasteiger partial charge in [-0.25, -0.2) is 0 Å². The van der Waals surface area contributed by atoms with Gasteiger partial charge in [0.05, 0.1) is 7.11 Å². The first-order chi connectivity index (χ1) is 10.1. The van der Waals surface area contributed by atoms with Crippen LogP contribution in [0.5, 0.6) is 5.75 Å². The molecule has 1 spiro atoms. The summed E-state index contributed by atoms with van der Waals surface area (Å²) in [4.78, 5) is 14.7. The lowest BCUT2D eigenvalue weighted by Gasteiger charge is -2.39. The van der Waals surface area contributed by atoms with Gasteiger partial charge in [-0.3, -0.25) is 4.79 Å². The highest BCUT2D eigenvalue weighted by Gasteiger charge is 2.38. The van der Waals surface area contributed by atoms with Crippen molar-refractivity contribution >= 4 is 18.3 Å². The molecule has 0 aromatic heterocycles. The summed E-state index contributed by atoms with van der Waals surface area (Å²) < 4.78 is 5.21. The predicted octanol–water partition coefficient (Wildman–Crippen LogP) is 2.64. The highest BCUT2D eigenvalue weighted by molar-refractivity contribution is 5.95. The molecule has 1 aromatic carbocycles. The van der Waals surface area contributed by atoms with Crippen molar-refractivity contribution in [3.05, 3.63) is 29.3 Å². The van der Waals surface area contributed by atoms with E-state index < -0.39 is 0 Å². The minimum absolute atomic E-state index is 0. The van der Waals surface area contributed by atoms with Gasteiger partial charge in [-0.2, -0.15) is 0 Å². The van der Waals surface area contributed by atoms with Crippen LogP contribution in [0.25, 0.3) is 0 Å². The summed E-state index contributed by atoms with van der Waals surface area (Å²) in [5.74, 6) is 0.967. The van der Waals surface area contributed by atoms with Gasteiger partial charge >= 0.3 is 0 Å². The lowest BCUT2D eigenvalue weighted by Crippen LogP contribution is -2.44. The van der Waals surface area contributed by atoms with Gasteiger partial charge in [0, 0.05) is 25.2 Å². The van der Waals surface area contributed by atoms with E-state index >= 15 is 0 Å². The molecule has 1 N–H and O–H groups in total. The summed E-state index contributed by atoms with van der Waals surface area (Å²) in [6.07, 6.45) is 3.51. The average molecular weight is 325 g/mol. The SMILES string of the molecule is COc1ccc(C(=O)N2CCC3(CCNC3)CC2)c(C)c1.Cl. The number of carbonyl (C=O) groups is 1. The van der Waals surface area contributed by atoms with Crippen LogP contribution in [0.4, 0.5) is 0 Å². The van der Waals surface area contributed by atoms with Crippen molar-refractivity contribution in [3.8, 4) is 5.75 Å². The molecule has 0 bridgehead atoms. The van der Waals surface area contributed by atoms with Crippen LogP contribution in [0.2, 0.25) is 0 Å². The molecule has 2 heterocycles. The van der Waals surface area contributed by atoms with Crippen LogP contribution in [-0.2, 0) is 0 Å². The number of likely N-dealkylation sites (tertiary alicyclic amines) is 1. The van der Waals surface area contributed by atoms with Gasteiger partial charge in [0.2, 0.25) is 0 Å². The molecule has 0 atom stereocenters. The van der Waals surface area contributed by atoms with Gasteiger partial charge < -0.3 is 15.0 Å². The minimum atomic E-state index is 0. The summed E-state index contributed by atoms with van der Waals surface area (Å²) in [5, 5.41) is 3.46. The van der Waals surface area contributed by atoms with Gasteiger partial charge in [-0.15, -0.1) is 12.4 Å². The van der Waals surface area contributed by atoms with Gasteiger partial charge in [0.1, 0.15) is 5.75 Å². The van der Waals surface area contributed by atoms with Crippen LogP contribution < -0.4 is 10.1 Å². The lowest BCUT2D eigenvalue weighted by atomic mass is 9.77. The molecule has 4 nitrogen and oxygen atoms in total. The Morgan fingerprint density at radius 1 is 1.27 bits per heavy atom. The zero-order valence-electron chi connectivity index (χ0n) is 13.4. The zero-order valence-corrected chi connectivity index (χ0v) is 14.2. The standard InChI is InChI=1S/C17H24N2O2.ClH/c1-13-11-14(21-2)3-4-15(13)16(20)19-9-6-17(7-10-19)5-8-18-12-17;/h3-4,11,18H,5-10,12H2,1-2H3;1H. The number of methoxy groups -OCH3 is 1. The van der Waals surface area contributed by atoms with Crippen LogP contribution in [0.3, 0.4) is 0 Å². The topological polar surface area (TPSA) is 41.6 Å². The second-order valence-corrected chi connectivity index (χ2v) is 6.40. The predicted molar refractivity (Wildman–Crippen MR) is 90.0 cm³/mol. The number of ether oxygens (including phenoxy) is 1. The highest BCUT2D eigenvalue weighted by Crippen LogP contribution is 2.37. The normalized spacial score (nSPS) is 19.8. The maximum atomic E-state index is 12.7. The van der Waals surface area contributed by atoms with Crippen molar-refractivity contribution in [3.63, 3.8) is 0 Å². The number of halogens is 1. The molecule has 1 aromatic rings. The maximum Gasteiger partial charge on any atom is 0.254 e. The molecule has 22 heavy (non-hydrogen) atoms. The molecule has 2 fully saturated rings. The second kappa shape index (κ2) is 6.88. The summed E-state index contributed by atoms with van der Waals surface area (Å²) in [6.45, 7) is 5.99. The molecule has 0 aliphatic carbocycles. The number of rotatable bonds is 2. The highest BCUT2D eigenvalue weighted by atomic mass is 35.5. The number of carbonyl (C=O) groups excluding carboxylic acids is 1. The lowest BCUT2D eigenvalue weighted by molar-refractivity contribution is 0.0607. The fourth-order valence-corrected chi connectivity index (χ4v) is 3.58. The van der Waals surface area contributed by atoms with Crippen LogP contribution in [0.1, 0.15) is 35.2 Å². The number of hydrogen-bond donors (Lipinski definition) is 1. The summed E-state index contributed by atoms with van der Waals surface area (Å²) in [6, 6.07) is 5.68. The Hall–Kier alpha value is -1.26. The van der Waals surface area contributed by atoms with Gasteiger partial charge in [-0.1, -0.05) is 0 Å². The van der Waals surface area contributed by atoms with Crippen molar-refractivity contribution < 1.29 is 9.53 Å². The van der Waals surface area contributed by atoms with E-state index in [1.807, 2.05) is 30.0 Å². The Morgan fingerprint density at radius 2 is 2.00 bits per heavy atom. The van der Waals surface area contributed by atoms with Crippen LogP contribution in [-0.4, -0.2) is 44.1 Å². The summed E-state index contributed by atoms with van der Waals surface area (Å²) >= 11 is 0. The fourth-order valence-electron chi connectivity index (χ4n) is 3.58. The van der Waals surface area contributed by atoms with E-state index in [0.29, 0.717) is 5.41 Å². The molecule has 0 saturated carbocycles. The molecule has 2 aliphatic rings. The second-order valence-electron chi connectivity index (χ2n) is 6.40. The molecule has 0 unspecified atom stereocenters. The minimum Gasteiger partial charge on any atom is -0.497 e. The Kier molecular flexibility index (Phi) is 5.35. The molecule has 122 valence electrons. The molecule has 0 radical (unpaired) electrons. The van der Waals surface area contributed by atoms with E-state index in [1.54, 1.807) is 7.11 Å². The number of nitrogens with one attached hydrogen (secondary N) is 1. The fraction of sp³-hybridized carbons (Fsp3) is 0.588. The number of amides is 1. The van der Waals surface area contributed by atoms with E-state index in [1.165, 1.54) is 6.42 Å². The van der Waals surface area contributed by atoms with Crippen molar-refractivity contribution in [2.45, 2.75) is 26.2 Å². The van der Waals surface area contributed by atoms with Crippen molar-refractivity contribution in [1.29, 1.82) is 0 Å². The van der Waals surface area contributed by atoms with Crippen molar-refractivity contribution in [1.82, 2.24) is 10.2 Å². The Morgan fingerprint density at radius 3 is 2.55 bits per heavy atom. The van der Waals surface area contributed by atoms with Crippen molar-refractivity contribution in [2.24, 2.45) is 5.41 Å². The average Bonchev–Trinajstić information content (AvgIpc) is 2.95. The number of hydrogen-bond acceptors (Lipinski definition) is 3. The van der Waals surface area contributed by atoms with Crippen molar-refractivity contribution in [2.75, 3.05) is 33.3 Å². The first-order valence-corrected chi connectivity index (χ1v) is 7.78. The third-order valence-electron chi connectivity index (χ3n) is 5.11. The molecule has 2 saturated heterocycles. The van der Waals surface area contributed by atoms with E-state index in [4.69, 9.17) is 4.74 Å². The number of aryl methyl sites for hydroxylation is 1. The molecular weight excluding hydrogens is 300 g/mol. The molecule has 5 heteroatoms.